The van der Waals surface area contributed by atoms with E-state index < -0.39 is 0 Å². The predicted octanol–water partition coefficient (Wildman–Crippen LogP) is 3.80. The highest BCUT2D eigenvalue weighted by molar-refractivity contribution is 5.72. The minimum absolute atomic E-state index is 0.0151. The Labute approximate surface area is 104 Å². The molecule has 0 fully saturated rings. The molecule has 17 heavy (non-hydrogen) atoms. The molecule has 2 heteroatoms. The number of hydrogen-bond acceptors (Lipinski definition) is 2. The molecule has 0 aliphatic rings. The molecule has 2 atom stereocenters. The van der Waals surface area contributed by atoms with Crippen molar-refractivity contribution >= 4 is 5.97 Å². The van der Waals surface area contributed by atoms with E-state index in [0.29, 0.717) is 12.5 Å². The fourth-order valence-corrected chi connectivity index (χ4v) is 1.80. The van der Waals surface area contributed by atoms with Gasteiger partial charge in [0.15, 0.2) is 0 Å². The van der Waals surface area contributed by atoms with Crippen molar-refractivity contribution in [2.75, 3.05) is 0 Å². The van der Waals surface area contributed by atoms with Crippen LogP contribution in [-0.4, -0.2) is 5.97 Å². The van der Waals surface area contributed by atoms with E-state index in [4.69, 9.17) is 4.74 Å². The summed E-state index contributed by atoms with van der Waals surface area (Å²) >= 11 is 0. The number of hydrogen-bond donors (Lipinski definition) is 0. The monoisotopic (exact) mass is 234 g/mol. The van der Waals surface area contributed by atoms with Crippen LogP contribution in [0.1, 0.15) is 39.2 Å². The molecule has 0 radical (unpaired) electrons. The predicted molar refractivity (Wildman–Crippen MR) is 69.5 cm³/mol. The summed E-state index contributed by atoms with van der Waals surface area (Å²) in [7, 11) is 0. The maximum absolute atomic E-state index is 11.8. The first-order valence-electron chi connectivity index (χ1n) is 6.35. The summed E-state index contributed by atoms with van der Waals surface area (Å²) in [6.07, 6.45) is 2.18. The van der Waals surface area contributed by atoms with Crippen molar-refractivity contribution in [2.24, 2.45) is 11.8 Å². The number of benzene rings is 1. The largest absolute Gasteiger partial charge is 0.461 e. The van der Waals surface area contributed by atoms with E-state index in [-0.39, 0.29) is 11.9 Å². The third-order valence-corrected chi connectivity index (χ3v) is 3.19. The first kappa shape index (κ1) is 13.8. The van der Waals surface area contributed by atoms with Gasteiger partial charge in [0.25, 0.3) is 0 Å². The normalized spacial score (nSPS) is 14.1. The second-order valence-electron chi connectivity index (χ2n) is 4.65. The Morgan fingerprint density at radius 2 is 1.88 bits per heavy atom. The van der Waals surface area contributed by atoms with Gasteiger partial charge in [0.05, 0.1) is 5.92 Å². The molecular weight excluding hydrogens is 212 g/mol. The molecule has 1 aromatic carbocycles. The molecule has 0 aromatic heterocycles. The molecule has 2 nitrogen and oxygen atoms in total. The van der Waals surface area contributed by atoms with Crippen molar-refractivity contribution in [3.05, 3.63) is 35.9 Å². The molecule has 94 valence electrons. The van der Waals surface area contributed by atoms with Crippen molar-refractivity contribution in [3.63, 3.8) is 0 Å². The van der Waals surface area contributed by atoms with Gasteiger partial charge in [0, 0.05) is 0 Å². The van der Waals surface area contributed by atoms with E-state index in [1.807, 2.05) is 37.3 Å². The molecule has 2 unspecified atom stereocenters. The number of carbonyl (C=O) groups excluding carboxylic acids is 1. The lowest BCUT2D eigenvalue weighted by Gasteiger charge is -2.17. The van der Waals surface area contributed by atoms with Crippen LogP contribution < -0.4 is 0 Å². The van der Waals surface area contributed by atoms with Gasteiger partial charge in [-0.05, 0) is 11.5 Å². The zero-order valence-electron chi connectivity index (χ0n) is 11.0. The maximum Gasteiger partial charge on any atom is 0.309 e. The van der Waals surface area contributed by atoms with Gasteiger partial charge >= 0.3 is 5.97 Å². The van der Waals surface area contributed by atoms with Crippen LogP contribution in [-0.2, 0) is 16.1 Å². The Hall–Kier alpha value is -1.31. The SMILES string of the molecule is CCCC(C)C(C)C(=O)OCc1ccccc1. The Balaban J connectivity index is 2.39. The minimum atomic E-state index is -0.0881. The van der Waals surface area contributed by atoms with E-state index in [1.54, 1.807) is 0 Å². The van der Waals surface area contributed by atoms with Gasteiger partial charge in [-0.1, -0.05) is 63.9 Å². The number of rotatable bonds is 6. The van der Waals surface area contributed by atoms with Crippen molar-refractivity contribution in [2.45, 2.75) is 40.2 Å². The van der Waals surface area contributed by atoms with Crippen molar-refractivity contribution in [3.8, 4) is 0 Å². The molecule has 0 aliphatic carbocycles. The molecule has 1 rings (SSSR count). The summed E-state index contributed by atoms with van der Waals surface area (Å²) in [5.41, 5.74) is 1.04. The highest BCUT2D eigenvalue weighted by Crippen LogP contribution is 2.18. The maximum atomic E-state index is 11.8. The Morgan fingerprint density at radius 1 is 1.24 bits per heavy atom. The lowest BCUT2D eigenvalue weighted by atomic mass is 9.92. The van der Waals surface area contributed by atoms with Gasteiger partial charge in [-0.2, -0.15) is 0 Å². The molecule has 0 aliphatic heterocycles. The van der Waals surface area contributed by atoms with Gasteiger partial charge in [-0.25, -0.2) is 0 Å². The van der Waals surface area contributed by atoms with Gasteiger partial charge < -0.3 is 4.74 Å². The van der Waals surface area contributed by atoms with Crippen LogP contribution in [0.5, 0.6) is 0 Å². The molecule has 0 heterocycles. The van der Waals surface area contributed by atoms with Crippen LogP contribution in [0, 0.1) is 11.8 Å². The summed E-state index contributed by atoms with van der Waals surface area (Å²) < 4.78 is 5.32. The van der Waals surface area contributed by atoms with Gasteiger partial charge in [0.2, 0.25) is 0 Å². The summed E-state index contributed by atoms with van der Waals surface area (Å²) in [6, 6.07) is 9.79. The minimum Gasteiger partial charge on any atom is -0.461 e. The molecule has 0 amide bonds. The first-order chi connectivity index (χ1) is 8.15. The fraction of sp³-hybridized carbons (Fsp3) is 0.533. The van der Waals surface area contributed by atoms with Gasteiger partial charge in [-0.15, -0.1) is 0 Å². The zero-order chi connectivity index (χ0) is 12.7. The topological polar surface area (TPSA) is 26.3 Å². The van der Waals surface area contributed by atoms with Crippen LogP contribution in [0.15, 0.2) is 30.3 Å². The van der Waals surface area contributed by atoms with Crippen LogP contribution in [0.25, 0.3) is 0 Å². The first-order valence-corrected chi connectivity index (χ1v) is 6.35. The molecule has 0 N–H and O–H groups in total. The quantitative estimate of drug-likeness (QED) is 0.700. The number of carbonyl (C=O) groups is 1. The molecular formula is C15H22O2. The molecule has 0 bridgehead atoms. The highest BCUT2D eigenvalue weighted by atomic mass is 16.5. The van der Waals surface area contributed by atoms with E-state index in [9.17, 15) is 4.79 Å². The van der Waals surface area contributed by atoms with E-state index >= 15 is 0 Å². The average Bonchev–Trinajstić information content (AvgIpc) is 2.36. The number of ether oxygens (including phenoxy) is 1. The summed E-state index contributed by atoms with van der Waals surface area (Å²) in [5.74, 6) is 0.289. The van der Waals surface area contributed by atoms with E-state index in [1.165, 1.54) is 0 Å². The molecule has 0 saturated heterocycles. The van der Waals surface area contributed by atoms with Crippen LogP contribution in [0.2, 0.25) is 0 Å². The van der Waals surface area contributed by atoms with Crippen molar-refractivity contribution < 1.29 is 9.53 Å². The molecule has 0 saturated carbocycles. The number of esters is 1. The molecule has 1 aromatic rings. The second-order valence-corrected chi connectivity index (χ2v) is 4.65. The van der Waals surface area contributed by atoms with Crippen molar-refractivity contribution in [1.29, 1.82) is 0 Å². The standard InChI is InChI=1S/C15H22O2/c1-4-8-12(2)13(3)15(16)17-11-14-9-6-5-7-10-14/h5-7,9-10,12-13H,4,8,11H2,1-3H3. The zero-order valence-corrected chi connectivity index (χ0v) is 11.0. The smallest absolute Gasteiger partial charge is 0.309 e. The van der Waals surface area contributed by atoms with Gasteiger partial charge in [-0.3, -0.25) is 4.79 Å². The summed E-state index contributed by atoms with van der Waals surface area (Å²) in [6.45, 7) is 6.58. The van der Waals surface area contributed by atoms with Gasteiger partial charge in [0.1, 0.15) is 6.61 Å². The van der Waals surface area contributed by atoms with Crippen LogP contribution in [0.4, 0.5) is 0 Å². The summed E-state index contributed by atoms with van der Waals surface area (Å²) in [4.78, 5) is 11.8. The third kappa shape index (κ3) is 4.59. The van der Waals surface area contributed by atoms with E-state index in [0.717, 1.165) is 18.4 Å². The highest BCUT2D eigenvalue weighted by Gasteiger charge is 2.20. The Kier molecular flexibility index (Phi) is 5.75. The Morgan fingerprint density at radius 3 is 2.47 bits per heavy atom. The summed E-state index contributed by atoms with van der Waals surface area (Å²) in [5, 5.41) is 0. The lowest BCUT2D eigenvalue weighted by molar-refractivity contribution is -0.151. The Bertz CT molecular complexity index is 332. The second kappa shape index (κ2) is 7.10. The third-order valence-electron chi connectivity index (χ3n) is 3.19. The van der Waals surface area contributed by atoms with Crippen molar-refractivity contribution in [1.82, 2.24) is 0 Å². The average molecular weight is 234 g/mol. The van der Waals surface area contributed by atoms with E-state index in [2.05, 4.69) is 13.8 Å². The van der Waals surface area contributed by atoms with Crippen LogP contribution >= 0.6 is 0 Å². The fourth-order valence-electron chi connectivity index (χ4n) is 1.80. The van der Waals surface area contributed by atoms with Crippen LogP contribution in [0.3, 0.4) is 0 Å². The lowest BCUT2D eigenvalue weighted by Crippen LogP contribution is -2.21. The molecule has 0 spiro atoms.